The van der Waals surface area contributed by atoms with E-state index in [0.717, 1.165) is 37.1 Å². The smallest absolute Gasteiger partial charge is 0.229 e. The molecule has 0 aromatic heterocycles. The van der Waals surface area contributed by atoms with Crippen molar-refractivity contribution in [1.82, 2.24) is 4.90 Å². The first kappa shape index (κ1) is 15.1. The second-order valence-electron chi connectivity index (χ2n) is 5.51. The first-order valence-electron chi connectivity index (χ1n) is 6.99. The lowest BCUT2D eigenvalue weighted by atomic mass is 9.94. The molecule has 0 saturated carbocycles. The molecule has 1 amide bonds. The molecule has 0 radical (unpaired) electrons. The molecule has 2 heterocycles. The molecule has 0 bridgehead atoms. The summed E-state index contributed by atoms with van der Waals surface area (Å²) in [6, 6.07) is 8.09. The van der Waals surface area contributed by atoms with E-state index in [0.29, 0.717) is 13.2 Å². The van der Waals surface area contributed by atoms with E-state index in [1.54, 1.807) is 0 Å². The number of hydrogen-bond acceptors (Lipinski definition) is 3. The molecule has 2 aliphatic heterocycles. The van der Waals surface area contributed by atoms with E-state index in [1.165, 1.54) is 0 Å². The van der Waals surface area contributed by atoms with Crippen molar-refractivity contribution >= 4 is 18.3 Å². The number of para-hydroxylation sites is 1. The Kier molecular flexibility index (Phi) is 4.89. The predicted molar refractivity (Wildman–Crippen MR) is 80.2 cm³/mol. The third-order valence-corrected chi connectivity index (χ3v) is 4.00. The van der Waals surface area contributed by atoms with Crippen LogP contribution in [-0.2, 0) is 11.2 Å². The van der Waals surface area contributed by atoms with Crippen LogP contribution in [0, 0.1) is 5.92 Å². The molecule has 4 nitrogen and oxygen atoms in total. The minimum Gasteiger partial charge on any atom is -0.492 e. The van der Waals surface area contributed by atoms with Crippen LogP contribution < -0.4 is 10.5 Å². The molecule has 110 valence electrons. The summed E-state index contributed by atoms with van der Waals surface area (Å²) in [7, 11) is 0. The van der Waals surface area contributed by atoms with Gasteiger partial charge in [0.2, 0.25) is 5.91 Å². The zero-order chi connectivity index (χ0) is 13.2. The van der Waals surface area contributed by atoms with Gasteiger partial charge in [0.25, 0.3) is 0 Å². The van der Waals surface area contributed by atoms with E-state index < -0.39 is 0 Å². The molecule has 1 unspecified atom stereocenters. The lowest BCUT2D eigenvalue weighted by molar-refractivity contribution is -0.138. The summed E-state index contributed by atoms with van der Waals surface area (Å²) >= 11 is 0. The number of hydrogen-bond donors (Lipinski definition) is 1. The number of carbonyl (C=O) groups excluding carboxylic acids is 1. The molecule has 0 aliphatic carbocycles. The van der Waals surface area contributed by atoms with Crippen LogP contribution in [0.15, 0.2) is 24.3 Å². The number of nitrogens with two attached hydrogens (primary N) is 1. The van der Waals surface area contributed by atoms with E-state index in [9.17, 15) is 4.79 Å². The number of fused-ring (bicyclic) bond motifs is 1. The minimum atomic E-state index is -0.0554. The van der Waals surface area contributed by atoms with Crippen molar-refractivity contribution in [1.29, 1.82) is 0 Å². The molecule has 2 aliphatic rings. The van der Waals surface area contributed by atoms with E-state index in [4.69, 9.17) is 10.5 Å². The maximum Gasteiger partial charge on any atom is 0.229 e. The summed E-state index contributed by atoms with van der Waals surface area (Å²) in [5, 5.41) is 0. The molecule has 1 saturated heterocycles. The molecular weight excluding hydrogens is 276 g/mol. The molecule has 1 aromatic carbocycles. The van der Waals surface area contributed by atoms with Gasteiger partial charge in [0.05, 0.1) is 5.92 Å². The Morgan fingerprint density at radius 2 is 2.15 bits per heavy atom. The predicted octanol–water partition coefficient (Wildman–Crippen LogP) is 1.61. The van der Waals surface area contributed by atoms with E-state index in [2.05, 4.69) is 0 Å². The number of halogens is 1. The fourth-order valence-corrected chi connectivity index (χ4v) is 2.95. The third kappa shape index (κ3) is 3.07. The number of ether oxygens (including phenoxy) is 1. The summed E-state index contributed by atoms with van der Waals surface area (Å²) in [4.78, 5) is 14.4. The SMILES string of the molecule is Cl.N[C@@H]1CCCN(C(=O)C2COc3ccccc3C2)C1. The van der Waals surface area contributed by atoms with Crippen LogP contribution in [0.4, 0.5) is 0 Å². The van der Waals surface area contributed by atoms with Gasteiger partial charge in [-0.3, -0.25) is 4.79 Å². The van der Waals surface area contributed by atoms with E-state index in [-0.39, 0.29) is 30.3 Å². The number of likely N-dealkylation sites (tertiary alicyclic amines) is 1. The molecule has 5 heteroatoms. The Labute approximate surface area is 125 Å². The van der Waals surface area contributed by atoms with Crippen LogP contribution in [0.2, 0.25) is 0 Å². The summed E-state index contributed by atoms with van der Waals surface area (Å²) in [5.41, 5.74) is 7.08. The van der Waals surface area contributed by atoms with Crippen LogP contribution in [0.5, 0.6) is 5.75 Å². The molecule has 1 aromatic rings. The summed E-state index contributed by atoms with van der Waals surface area (Å²) < 4.78 is 5.70. The normalized spacial score (nSPS) is 25.1. The highest BCUT2D eigenvalue weighted by atomic mass is 35.5. The highest BCUT2D eigenvalue weighted by Gasteiger charge is 2.31. The number of piperidine rings is 1. The van der Waals surface area contributed by atoms with Crippen LogP contribution in [0.3, 0.4) is 0 Å². The number of amides is 1. The van der Waals surface area contributed by atoms with Crippen LogP contribution >= 0.6 is 12.4 Å². The van der Waals surface area contributed by atoms with Crippen molar-refractivity contribution < 1.29 is 9.53 Å². The maximum absolute atomic E-state index is 12.5. The molecule has 2 atom stereocenters. The van der Waals surface area contributed by atoms with Gasteiger partial charge >= 0.3 is 0 Å². The van der Waals surface area contributed by atoms with Crippen molar-refractivity contribution in [2.75, 3.05) is 19.7 Å². The topological polar surface area (TPSA) is 55.6 Å². The molecule has 3 rings (SSSR count). The summed E-state index contributed by atoms with van der Waals surface area (Å²) in [6.07, 6.45) is 2.81. The third-order valence-electron chi connectivity index (χ3n) is 4.00. The van der Waals surface area contributed by atoms with Crippen molar-refractivity contribution in [3.63, 3.8) is 0 Å². The van der Waals surface area contributed by atoms with Gasteiger partial charge in [0.1, 0.15) is 12.4 Å². The quantitative estimate of drug-likeness (QED) is 0.856. The first-order chi connectivity index (χ1) is 9.24. The van der Waals surface area contributed by atoms with Crippen LogP contribution in [0.1, 0.15) is 18.4 Å². The van der Waals surface area contributed by atoms with Crippen LogP contribution in [0.25, 0.3) is 0 Å². The van der Waals surface area contributed by atoms with E-state index >= 15 is 0 Å². The largest absolute Gasteiger partial charge is 0.492 e. The van der Waals surface area contributed by atoms with Crippen molar-refractivity contribution in [2.24, 2.45) is 11.7 Å². The second-order valence-corrected chi connectivity index (χ2v) is 5.51. The monoisotopic (exact) mass is 296 g/mol. The van der Waals surface area contributed by atoms with Crippen molar-refractivity contribution in [2.45, 2.75) is 25.3 Å². The highest BCUT2D eigenvalue weighted by Crippen LogP contribution is 2.28. The van der Waals surface area contributed by atoms with Gasteiger partial charge in [-0.25, -0.2) is 0 Å². The minimum absolute atomic E-state index is 0. The van der Waals surface area contributed by atoms with Gasteiger partial charge in [-0.05, 0) is 30.9 Å². The highest BCUT2D eigenvalue weighted by molar-refractivity contribution is 5.85. The van der Waals surface area contributed by atoms with Gasteiger partial charge in [0, 0.05) is 19.1 Å². The van der Waals surface area contributed by atoms with Gasteiger partial charge in [-0.2, -0.15) is 0 Å². The lowest BCUT2D eigenvalue weighted by Crippen LogP contribution is -2.49. The van der Waals surface area contributed by atoms with Gasteiger partial charge in [0.15, 0.2) is 0 Å². The summed E-state index contributed by atoms with van der Waals surface area (Å²) in [6.45, 7) is 2.02. The number of benzene rings is 1. The maximum atomic E-state index is 12.5. The second kappa shape index (κ2) is 6.46. The average Bonchev–Trinajstić information content (AvgIpc) is 2.46. The Morgan fingerprint density at radius 3 is 2.95 bits per heavy atom. The molecule has 1 fully saturated rings. The van der Waals surface area contributed by atoms with Crippen molar-refractivity contribution in [3.05, 3.63) is 29.8 Å². The molecular formula is C15H21ClN2O2. The Bertz CT molecular complexity index is 481. The average molecular weight is 297 g/mol. The zero-order valence-electron chi connectivity index (χ0n) is 11.5. The van der Waals surface area contributed by atoms with Gasteiger partial charge < -0.3 is 15.4 Å². The fourth-order valence-electron chi connectivity index (χ4n) is 2.95. The molecule has 2 N–H and O–H groups in total. The van der Waals surface area contributed by atoms with Gasteiger partial charge in [-0.1, -0.05) is 18.2 Å². The van der Waals surface area contributed by atoms with Crippen LogP contribution in [-0.4, -0.2) is 36.5 Å². The Morgan fingerprint density at radius 1 is 1.35 bits per heavy atom. The Hall–Kier alpha value is -1.26. The standard InChI is InChI=1S/C15H20N2O2.ClH/c16-13-5-3-7-17(9-13)15(18)12-8-11-4-1-2-6-14(11)19-10-12;/h1-2,4,6,12-13H,3,5,7-10,16H2;1H/t12?,13-;/m1./s1. The van der Waals surface area contributed by atoms with Gasteiger partial charge in [-0.15, -0.1) is 12.4 Å². The van der Waals surface area contributed by atoms with E-state index in [1.807, 2.05) is 29.2 Å². The summed E-state index contributed by atoms with van der Waals surface area (Å²) in [5.74, 6) is 1.06. The number of nitrogens with zero attached hydrogens (tertiary/aromatic N) is 1. The molecule has 20 heavy (non-hydrogen) atoms. The van der Waals surface area contributed by atoms with Crippen molar-refractivity contribution in [3.8, 4) is 5.75 Å². The number of rotatable bonds is 1. The number of carbonyl (C=O) groups is 1. The molecule has 0 spiro atoms. The zero-order valence-corrected chi connectivity index (χ0v) is 12.3. The first-order valence-corrected chi connectivity index (χ1v) is 6.99. The lowest BCUT2D eigenvalue weighted by Gasteiger charge is -2.34. The fraction of sp³-hybridized carbons (Fsp3) is 0.533. The Balaban J connectivity index is 0.00000147.